The Balaban J connectivity index is 0.000000429. The van der Waals surface area contributed by atoms with Crippen LogP contribution in [0, 0.1) is 23.2 Å². The van der Waals surface area contributed by atoms with Crippen LogP contribution in [0.3, 0.4) is 0 Å². The molecule has 0 radical (unpaired) electrons. The molecule has 2 saturated heterocycles. The molecule has 2 amide bonds. The molecule has 184 valence electrons. The van der Waals surface area contributed by atoms with Gasteiger partial charge in [0.15, 0.2) is 0 Å². The van der Waals surface area contributed by atoms with Gasteiger partial charge in [0.2, 0.25) is 0 Å². The number of likely N-dealkylation sites (tertiary alicyclic amines) is 1. The first-order valence-electron chi connectivity index (χ1n) is 10.5. The molecule has 0 unspecified atom stereocenters. The molecule has 4 rings (SSSR count). The SMILES string of the molecule is N#Cc1cccc(C(=O)N2C[C@@H]3[C@@H](CNC(=O)c4ccncc4)CO[C@@H]3C2)c1.O=C(O)C(F)(F)F. The number of nitriles is 1. The lowest BCUT2D eigenvalue weighted by atomic mass is 9.93. The van der Waals surface area contributed by atoms with E-state index in [1.165, 1.54) is 0 Å². The number of alkyl halides is 3. The predicted octanol–water partition coefficient (Wildman–Crippen LogP) is 2.10. The number of nitrogens with one attached hydrogen (secondary N) is 1. The highest BCUT2D eigenvalue weighted by Crippen LogP contribution is 2.34. The van der Waals surface area contributed by atoms with Crippen molar-refractivity contribution in [1.82, 2.24) is 15.2 Å². The van der Waals surface area contributed by atoms with Crippen molar-refractivity contribution in [3.63, 3.8) is 0 Å². The third-order valence-electron chi connectivity index (χ3n) is 5.67. The number of aromatic nitrogens is 1. The highest BCUT2D eigenvalue weighted by atomic mass is 19.4. The molecule has 12 heteroatoms. The van der Waals surface area contributed by atoms with Crippen LogP contribution in [0.2, 0.25) is 0 Å². The molecule has 35 heavy (non-hydrogen) atoms. The third kappa shape index (κ3) is 6.54. The number of carbonyl (C=O) groups is 3. The van der Waals surface area contributed by atoms with E-state index in [1.807, 2.05) is 0 Å². The summed E-state index contributed by atoms with van der Waals surface area (Å²) < 4.78 is 37.6. The molecule has 0 spiro atoms. The Morgan fingerprint density at radius 2 is 1.86 bits per heavy atom. The number of rotatable bonds is 4. The van der Waals surface area contributed by atoms with Gasteiger partial charge in [-0.3, -0.25) is 14.6 Å². The molecule has 2 aromatic rings. The van der Waals surface area contributed by atoms with Gasteiger partial charge in [-0.2, -0.15) is 18.4 Å². The van der Waals surface area contributed by atoms with Gasteiger partial charge in [0.25, 0.3) is 11.8 Å². The number of benzene rings is 1. The zero-order valence-electron chi connectivity index (χ0n) is 18.2. The molecule has 1 aromatic carbocycles. The number of halogens is 3. The zero-order chi connectivity index (χ0) is 25.6. The quantitative estimate of drug-likeness (QED) is 0.671. The number of fused-ring (bicyclic) bond motifs is 1. The normalized spacial score (nSPS) is 20.7. The highest BCUT2D eigenvalue weighted by Gasteiger charge is 2.45. The first kappa shape index (κ1) is 25.6. The summed E-state index contributed by atoms with van der Waals surface area (Å²) in [6, 6.07) is 12.2. The fourth-order valence-corrected chi connectivity index (χ4v) is 3.91. The molecule has 2 N–H and O–H groups in total. The summed E-state index contributed by atoms with van der Waals surface area (Å²) in [6.45, 7) is 2.22. The molecule has 2 aliphatic heterocycles. The fraction of sp³-hybridized carbons (Fsp3) is 0.348. The van der Waals surface area contributed by atoms with Gasteiger partial charge in [0.1, 0.15) is 0 Å². The first-order chi connectivity index (χ1) is 16.6. The van der Waals surface area contributed by atoms with Crippen LogP contribution in [0.4, 0.5) is 13.2 Å². The van der Waals surface area contributed by atoms with Gasteiger partial charge in [-0.1, -0.05) is 6.07 Å². The van der Waals surface area contributed by atoms with Gasteiger partial charge in [-0.25, -0.2) is 4.79 Å². The molecule has 3 heterocycles. The van der Waals surface area contributed by atoms with E-state index in [9.17, 15) is 22.8 Å². The number of ether oxygens (including phenoxy) is 1. The lowest BCUT2D eigenvalue weighted by Gasteiger charge is -2.20. The first-order valence-corrected chi connectivity index (χ1v) is 10.5. The van der Waals surface area contributed by atoms with Crippen molar-refractivity contribution < 1.29 is 37.4 Å². The minimum atomic E-state index is -5.08. The Hall–Kier alpha value is -3.98. The molecule has 0 saturated carbocycles. The van der Waals surface area contributed by atoms with E-state index in [0.29, 0.717) is 42.9 Å². The monoisotopic (exact) mass is 490 g/mol. The molecule has 1 aromatic heterocycles. The average Bonchev–Trinajstić information content (AvgIpc) is 3.44. The van der Waals surface area contributed by atoms with Crippen LogP contribution in [0.5, 0.6) is 0 Å². The summed E-state index contributed by atoms with van der Waals surface area (Å²) in [5.74, 6) is -2.62. The van der Waals surface area contributed by atoms with Crippen molar-refractivity contribution in [2.45, 2.75) is 12.3 Å². The van der Waals surface area contributed by atoms with Crippen LogP contribution < -0.4 is 5.32 Å². The standard InChI is InChI=1S/C21H20N4O3.C2HF3O2/c22-9-14-2-1-3-16(8-14)21(27)25-11-18-17(13-28-19(18)12-25)10-24-20(26)15-4-6-23-7-5-15;3-2(4,5)1(6)7/h1-8,17-19H,10-13H2,(H,24,26);(H,6,7)/t17-,18+,19+;/m0./s1. The molecular weight excluding hydrogens is 469 g/mol. The number of carboxylic acid groups (broad SMARTS) is 1. The Bertz CT molecular complexity index is 1120. The third-order valence-corrected chi connectivity index (χ3v) is 5.67. The van der Waals surface area contributed by atoms with Gasteiger partial charge in [-0.05, 0) is 30.3 Å². The van der Waals surface area contributed by atoms with E-state index in [1.54, 1.807) is 53.7 Å². The van der Waals surface area contributed by atoms with E-state index < -0.39 is 12.1 Å². The van der Waals surface area contributed by atoms with Crippen LogP contribution in [-0.4, -0.2) is 71.3 Å². The number of aliphatic carboxylic acids is 1. The molecule has 2 fully saturated rings. The Labute approximate surface area is 198 Å². The van der Waals surface area contributed by atoms with Crippen molar-refractivity contribution in [3.8, 4) is 6.07 Å². The van der Waals surface area contributed by atoms with E-state index in [-0.39, 0.29) is 29.8 Å². The summed E-state index contributed by atoms with van der Waals surface area (Å²) in [5, 5.41) is 19.1. The number of nitrogens with zero attached hydrogens (tertiary/aromatic N) is 3. The van der Waals surface area contributed by atoms with Gasteiger partial charge >= 0.3 is 12.1 Å². The van der Waals surface area contributed by atoms with Crippen molar-refractivity contribution >= 4 is 17.8 Å². The Morgan fingerprint density at radius 3 is 2.49 bits per heavy atom. The minimum Gasteiger partial charge on any atom is -0.475 e. The summed E-state index contributed by atoms with van der Waals surface area (Å²) in [4.78, 5) is 39.6. The maximum Gasteiger partial charge on any atom is 0.490 e. The number of carbonyl (C=O) groups excluding carboxylic acids is 2. The van der Waals surface area contributed by atoms with Crippen LogP contribution in [0.15, 0.2) is 48.8 Å². The second-order valence-corrected chi connectivity index (χ2v) is 7.95. The fourth-order valence-electron chi connectivity index (χ4n) is 3.91. The van der Waals surface area contributed by atoms with Gasteiger partial charge in [-0.15, -0.1) is 0 Å². The van der Waals surface area contributed by atoms with Crippen LogP contribution in [0.1, 0.15) is 26.3 Å². The summed E-state index contributed by atoms with van der Waals surface area (Å²) in [6.07, 6.45) is -1.91. The van der Waals surface area contributed by atoms with Crippen molar-refractivity contribution in [2.24, 2.45) is 11.8 Å². The smallest absolute Gasteiger partial charge is 0.475 e. The molecular formula is C23H21F3N4O5. The second-order valence-electron chi connectivity index (χ2n) is 7.95. The maximum atomic E-state index is 12.8. The highest BCUT2D eigenvalue weighted by molar-refractivity contribution is 5.95. The summed E-state index contributed by atoms with van der Waals surface area (Å²) in [5.41, 5.74) is 1.56. The van der Waals surface area contributed by atoms with Gasteiger partial charge < -0.3 is 20.1 Å². The molecule has 3 atom stereocenters. The van der Waals surface area contributed by atoms with Crippen molar-refractivity contribution in [2.75, 3.05) is 26.2 Å². The molecule has 2 aliphatic rings. The predicted molar refractivity (Wildman–Crippen MR) is 114 cm³/mol. The number of hydrogen-bond donors (Lipinski definition) is 2. The van der Waals surface area contributed by atoms with Crippen molar-refractivity contribution in [1.29, 1.82) is 5.26 Å². The molecule has 0 aliphatic carbocycles. The number of amides is 2. The topological polar surface area (TPSA) is 133 Å². The largest absolute Gasteiger partial charge is 0.490 e. The van der Waals surface area contributed by atoms with E-state index in [4.69, 9.17) is 19.9 Å². The lowest BCUT2D eigenvalue weighted by molar-refractivity contribution is -0.192. The summed E-state index contributed by atoms with van der Waals surface area (Å²) >= 11 is 0. The molecule has 0 bridgehead atoms. The average molecular weight is 490 g/mol. The minimum absolute atomic E-state index is 0.00840. The second kappa shape index (κ2) is 11.0. The van der Waals surface area contributed by atoms with Crippen LogP contribution >= 0.6 is 0 Å². The zero-order valence-corrected chi connectivity index (χ0v) is 18.2. The van der Waals surface area contributed by atoms with E-state index >= 15 is 0 Å². The number of pyridine rings is 1. The van der Waals surface area contributed by atoms with E-state index in [2.05, 4.69) is 16.4 Å². The molecule has 9 nitrogen and oxygen atoms in total. The summed E-state index contributed by atoms with van der Waals surface area (Å²) in [7, 11) is 0. The number of hydrogen-bond acceptors (Lipinski definition) is 6. The van der Waals surface area contributed by atoms with Gasteiger partial charge in [0, 0.05) is 55.0 Å². The van der Waals surface area contributed by atoms with E-state index in [0.717, 1.165) is 0 Å². The Kier molecular flexibility index (Phi) is 8.03. The number of carboxylic acids is 1. The lowest BCUT2D eigenvalue weighted by Crippen LogP contribution is -2.35. The van der Waals surface area contributed by atoms with Gasteiger partial charge in [0.05, 0.1) is 24.3 Å². The maximum absolute atomic E-state index is 12.8. The van der Waals surface area contributed by atoms with Crippen LogP contribution in [-0.2, 0) is 9.53 Å². The van der Waals surface area contributed by atoms with Crippen molar-refractivity contribution in [3.05, 3.63) is 65.5 Å². The Morgan fingerprint density at radius 1 is 1.17 bits per heavy atom. The van der Waals surface area contributed by atoms with Crippen LogP contribution in [0.25, 0.3) is 0 Å².